The van der Waals surface area contributed by atoms with Crippen molar-refractivity contribution in [1.29, 1.82) is 0 Å². The van der Waals surface area contributed by atoms with Crippen molar-refractivity contribution < 1.29 is 4.74 Å². The number of fused-ring (bicyclic) bond motifs is 1. The van der Waals surface area contributed by atoms with E-state index in [-0.39, 0.29) is 24.0 Å². The Balaban J connectivity index is 0.00000240. The highest BCUT2D eigenvalue weighted by Crippen LogP contribution is 2.21. The van der Waals surface area contributed by atoms with E-state index >= 15 is 0 Å². The fourth-order valence-electron chi connectivity index (χ4n) is 4.64. The summed E-state index contributed by atoms with van der Waals surface area (Å²) >= 11 is 0. The number of ether oxygens (including phenoxy) is 1. The first-order chi connectivity index (χ1) is 13.7. The molecule has 1 aromatic heterocycles. The first-order valence-electron chi connectivity index (χ1n) is 10.9. The summed E-state index contributed by atoms with van der Waals surface area (Å²) in [5.74, 6) is 4.57. The predicted octanol–water partition coefficient (Wildman–Crippen LogP) is 1.39. The van der Waals surface area contributed by atoms with E-state index in [2.05, 4.69) is 36.8 Å². The highest BCUT2D eigenvalue weighted by Gasteiger charge is 2.28. The molecule has 164 valence electrons. The molecule has 4 heterocycles. The van der Waals surface area contributed by atoms with Crippen LogP contribution in [0.3, 0.4) is 0 Å². The van der Waals surface area contributed by atoms with Gasteiger partial charge >= 0.3 is 0 Å². The third kappa shape index (κ3) is 5.81. The van der Waals surface area contributed by atoms with Crippen LogP contribution in [0.15, 0.2) is 4.99 Å². The molecule has 0 spiro atoms. The average Bonchev–Trinajstić information content (AvgIpc) is 3.33. The Kier molecular flexibility index (Phi) is 8.55. The molecule has 0 amide bonds. The van der Waals surface area contributed by atoms with Gasteiger partial charge in [0, 0.05) is 58.8 Å². The van der Waals surface area contributed by atoms with Crippen molar-refractivity contribution in [2.75, 3.05) is 59.0 Å². The lowest BCUT2D eigenvalue weighted by Crippen LogP contribution is -2.42. The molecule has 1 N–H and O–H groups in total. The van der Waals surface area contributed by atoms with Gasteiger partial charge in [-0.1, -0.05) is 0 Å². The summed E-state index contributed by atoms with van der Waals surface area (Å²) in [6.07, 6.45) is 3.43. The molecule has 2 saturated heterocycles. The molecule has 1 aromatic rings. The Hall–Kier alpha value is -0.940. The number of rotatable bonds is 5. The highest BCUT2D eigenvalue weighted by molar-refractivity contribution is 14.0. The predicted molar refractivity (Wildman–Crippen MR) is 125 cm³/mol. The van der Waals surface area contributed by atoms with Crippen LogP contribution in [0.2, 0.25) is 0 Å². The second-order valence-electron chi connectivity index (χ2n) is 8.39. The Morgan fingerprint density at radius 3 is 2.76 bits per heavy atom. The summed E-state index contributed by atoms with van der Waals surface area (Å²) in [5, 5.41) is 12.0. The Labute approximate surface area is 191 Å². The zero-order chi connectivity index (χ0) is 19.3. The maximum Gasteiger partial charge on any atom is 0.193 e. The number of aryl methyl sites for hydroxylation is 2. The minimum Gasteiger partial charge on any atom is -0.379 e. The second kappa shape index (κ2) is 10.9. The van der Waals surface area contributed by atoms with Crippen molar-refractivity contribution in [3.05, 3.63) is 11.6 Å². The maximum atomic E-state index is 5.48. The van der Waals surface area contributed by atoms with Crippen molar-refractivity contribution >= 4 is 29.9 Å². The largest absolute Gasteiger partial charge is 0.379 e. The molecule has 4 rings (SSSR count). The van der Waals surface area contributed by atoms with Gasteiger partial charge in [0.05, 0.1) is 13.2 Å². The van der Waals surface area contributed by atoms with Gasteiger partial charge in [-0.05, 0) is 38.5 Å². The van der Waals surface area contributed by atoms with Gasteiger partial charge in [-0.3, -0.25) is 9.89 Å². The van der Waals surface area contributed by atoms with E-state index in [1.54, 1.807) is 0 Å². The molecule has 0 aromatic carbocycles. The van der Waals surface area contributed by atoms with Gasteiger partial charge in [-0.25, -0.2) is 0 Å². The standard InChI is InChI=1S/C20H35N7O.HI/c1-3-21-20(22-12-17-4-5-19-24-23-16(2)27(19)15-17)26-7-6-18(14-26)13-25-8-10-28-11-9-25;/h17-18H,3-15H2,1-2H3,(H,21,22);1H. The van der Waals surface area contributed by atoms with Crippen LogP contribution in [-0.2, 0) is 17.7 Å². The summed E-state index contributed by atoms with van der Waals surface area (Å²) in [5.41, 5.74) is 0. The maximum absolute atomic E-state index is 5.48. The number of halogens is 1. The number of aromatic nitrogens is 3. The monoisotopic (exact) mass is 517 g/mol. The average molecular weight is 517 g/mol. The zero-order valence-corrected chi connectivity index (χ0v) is 20.2. The number of hydrogen-bond donors (Lipinski definition) is 1. The lowest BCUT2D eigenvalue weighted by molar-refractivity contribution is 0.0315. The summed E-state index contributed by atoms with van der Waals surface area (Å²) in [6.45, 7) is 14.3. The van der Waals surface area contributed by atoms with Crippen molar-refractivity contribution in [2.45, 2.75) is 39.7 Å². The number of hydrogen-bond acceptors (Lipinski definition) is 5. The molecule has 0 bridgehead atoms. The van der Waals surface area contributed by atoms with E-state index in [0.717, 1.165) is 95.4 Å². The normalized spacial score (nSPS) is 25.6. The molecule has 2 unspecified atom stereocenters. The van der Waals surface area contributed by atoms with Crippen LogP contribution in [0.5, 0.6) is 0 Å². The van der Waals surface area contributed by atoms with Gasteiger partial charge in [-0.15, -0.1) is 34.2 Å². The van der Waals surface area contributed by atoms with Gasteiger partial charge in [0.1, 0.15) is 11.6 Å². The molecule has 3 aliphatic rings. The van der Waals surface area contributed by atoms with Gasteiger partial charge in [0.25, 0.3) is 0 Å². The van der Waals surface area contributed by atoms with E-state index in [9.17, 15) is 0 Å². The van der Waals surface area contributed by atoms with Crippen LogP contribution in [0.25, 0.3) is 0 Å². The smallest absolute Gasteiger partial charge is 0.193 e. The van der Waals surface area contributed by atoms with Crippen LogP contribution >= 0.6 is 24.0 Å². The van der Waals surface area contributed by atoms with Crippen molar-refractivity contribution in [1.82, 2.24) is 29.9 Å². The Morgan fingerprint density at radius 1 is 1.14 bits per heavy atom. The highest BCUT2D eigenvalue weighted by atomic mass is 127. The molecule has 0 saturated carbocycles. The molecule has 9 heteroatoms. The fourth-order valence-corrected chi connectivity index (χ4v) is 4.64. The van der Waals surface area contributed by atoms with Crippen LogP contribution in [0.1, 0.15) is 31.4 Å². The first-order valence-corrected chi connectivity index (χ1v) is 10.9. The zero-order valence-electron chi connectivity index (χ0n) is 17.8. The number of guanidine groups is 1. The van der Waals surface area contributed by atoms with Crippen molar-refractivity contribution in [3.8, 4) is 0 Å². The summed E-state index contributed by atoms with van der Waals surface area (Å²) in [7, 11) is 0. The first kappa shape index (κ1) is 22.7. The summed E-state index contributed by atoms with van der Waals surface area (Å²) in [6, 6.07) is 0. The molecule has 8 nitrogen and oxygen atoms in total. The molecule has 0 aliphatic carbocycles. The molecular weight excluding hydrogens is 481 g/mol. The number of aliphatic imine (C=N–C) groups is 1. The van der Waals surface area contributed by atoms with E-state index in [0.29, 0.717) is 5.92 Å². The number of likely N-dealkylation sites (tertiary alicyclic amines) is 1. The van der Waals surface area contributed by atoms with Crippen LogP contribution in [-0.4, -0.2) is 89.6 Å². The van der Waals surface area contributed by atoms with Crippen LogP contribution < -0.4 is 5.32 Å². The van der Waals surface area contributed by atoms with E-state index in [4.69, 9.17) is 9.73 Å². The third-order valence-electron chi connectivity index (χ3n) is 6.27. The molecule has 2 fully saturated rings. The lowest BCUT2D eigenvalue weighted by atomic mass is 9.99. The van der Waals surface area contributed by atoms with Gasteiger partial charge in [0.15, 0.2) is 5.96 Å². The Bertz CT molecular complexity index is 674. The minimum absolute atomic E-state index is 0. The van der Waals surface area contributed by atoms with Gasteiger partial charge in [0.2, 0.25) is 0 Å². The summed E-state index contributed by atoms with van der Waals surface area (Å²) in [4.78, 5) is 10.1. The molecule has 0 radical (unpaired) electrons. The number of morpholine rings is 1. The lowest BCUT2D eigenvalue weighted by Gasteiger charge is -2.29. The quantitative estimate of drug-likeness (QED) is 0.362. The van der Waals surface area contributed by atoms with E-state index < -0.39 is 0 Å². The van der Waals surface area contributed by atoms with Gasteiger partial charge < -0.3 is 19.5 Å². The van der Waals surface area contributed by atoms with Crippen molar-refractivity contribution in [3.63, 3.8) is 0 Å². The SMILES string of the molecule is CCNC(=NCC1CCc2nnc(C)n2C1)N1CCC(CN2CCOCC2)C1.I. The molecule has 3 aliphatic heterocycles. The Morgan fingerprint density at radius 2 is 1.97 bits per heavy atom. The fraction of sp³-hybridized carbons (Fsp3) is 0.850. The second-order valence-corrected chi connectivity index (χ2v) is 8.39. The minimum atomic E-state index is 0. The van der Waals surface area contributed by atoms with Crippen molar-refractivity contribution in [2.24, 2.45) is 16.8 Å². The molecule has 29 heavy (non-hydrogen) atoms. The number of nitrogens with zero attached hydrogens (tertiary/aromatic N) is 6. The molecule has 2 atom stereocenters. The van der Waals surface area contributed by atoms with E-state index in [1.165, 1.54) is 13.0 Å². The molecular formula is C20H36IN7O. The third-order valence-corrected chi connectivity index (χ3v) is 6.27. The number of nitrogens with one attached hydrogen (secondary N) is 1. The van der Waals surface area contributed by atoms with Crippen LogP contribution in [0.4, 0.5) is 0 Å². The van der Waals surface area contributed by atoms with Gasteiger partial charge in [-0.2, -0.15) is 0 Å². The summed E-state index contributed by atoms with van der Waals surface area (Å²) < 4.78 is 7.75. The van der Waals surface area contributed by atoms with E-state index in [1.807, 2.05) is 6.92 Å². The topological polar surface area (TPSA) is 70.8 Å². The van der Waals surface area contributed by atoms with Crippen LogP contribution in [0, 0.1) is 18.8 Å².